The first kappa shape index (κ1) is 18.5. The van der Waals surface area contributed by atoms with Gasteiger partial charge < -0.3 is 0 Å². The summed E-state index contributed by atoms with van der Waals surface area (Å²) in [5, 5.41) is 4.75. The Hall–Kier alpha value is -3.56. The predicted octanol–water partition coefficient (Wildman–Crippen LogP) is 4.19. The van der Waals surface area contributed by atoms with Gasteiger partial charge in [0.2, 0.25) is 0 Å². The van der Waals surface area contributed by atoms with Gasteiger partial charge in [-0.05, 0) is 60.3 Å². The lowest BCUT2D eigenvalue weighted by atomic mass is 10.1. The number of pyridine rings is 3. The number of hydrogen-bond acceptors (Lipinski definition) is 3. The van der Waals surface area contributed by atoms with Crippen LogP contribution in [0.4, 0.5) is 0 Å². The van der Waals surface area contributed by atoms with Gasteiger partial charge in [-0.2, -0.15) is 10.0 Å². The molecule has 148 valence electrons. The monoisotopic (exact) mass is 412 g/mol. The zero-order valence-electron chi connectivity index (χ0n) is 17.0. The summed E-state index contributed by atoms with van der Waals surface area (Å²) in [4.78, 5) is 22.8. The second-order valence-corrected chi connectivity index (χ2v) is 11.7. The van der Waals surface area contributed by atoms with Crippen LogP contribution in [-0.4, -0.2) is 37.7 Å². The number of benzene rings is 1. The van der Waals surface area contributed by atoms with Gasteiger partial charge in [0.25, 0.3) is 5.56 Å². The second kappa shape index (κ2) is 6.75. The Bertz CT molecular complexity index is 1540. The van der Waals surface area contributed by atoms with Gasteiger partial charge in [-0.3, -0.25) is 13.8 Å². The molecule has 0 atom stereocenters. The van der Waals surface area contributed by atoms with Crippen molar-refractivity contribution in [3.05, 3.63) is 83.0 Å². The first-order chi connectivity index (χ1) is 14.4. The lowest BCUT2D eigenvalue weighted by molar-refractivity contribution is 0.999. The molecule has 0 amide bonds. The molecule has 0 bridgehead atoms. The van der Waals surface area contributed by atoms with Crippen LogP contribution in [0, 0.1) is 11.2 Å². The maximum absolute atomic E-state index is 13.5. The van der Waals surface area contributed by atoms with Gasteiger partial charge in [-0.15, -0.1) is 0 Å². The van der Waals surface area contributed by atoms with Gasteiger partial charge in [-0.25, -0.2) is 9.97 Å². The third kappa shape index (κ3) is 3.04. The Morgan fingerprint density at radius 1 is 0.933 bits per heavy atom. The maximum Gasteiger partial charge on any atom is 0.264 e. The molecule has 0 aliphatic heterocycles. The van der Waals surface area contributed by atoms with E-state index in [1.54, 1.807) is 10.8 Å². The molecule has 0 N–H and O–H groups in total. The van der Waals surface area contributed by atoms with E-state index in [4.69, 9.17) is 4.98 Å². The Kier molecular flexibility index (Phi) is 4.16. The average Bonchev–Trinajstić information content (AvgIpc) is 3.12. The minimum Gasteiger partial charge on any atom is -0.285 e. The van der Waals surface area contributed by atoms with Gasteiger partial charge >= 0.3 is 0 Å². The molecule has 0 unspecified atom stereocenters. The molecule has 4 aromatic heterocycles. The van der Waals surface area contributed by atoms with E-state index in [1.807, 2.05) is 65.2 Å². The van der Waals surface area contributed by atoms with E-state index in [0.29, 0.717) is 16.8 Å². The van der Waals surface area contributed by atoms with Crippen LogP contribution < -0.4 is 5.56 Å². The standard InChI is InChI=1S/C24H20N4OS/c1-30(2,3)15-13-17-11-12-18(16-25-17)28-23-22(26-21-10-6-7-14-27(21)23)19-8-4-5-9-20(19)24(28)29/h4-12,14,16H,1-3H3. The first-order valence-corrected chi connectivity index (χ1v) is 12.4. The van der Waals surface area contributed by atoms with Crippen LogP contribution in [0.3, 0.4) is 0 Å². The Morgan fingerprint density at radius 2 is 1.70 bits per heavy atom. The van der Waals surface area contributed by atoms with Gasteiger partial charge in [0, 0.05) is 17.0 Å². The summed E-state index contributed by atoms with van der Waals surface area (Å²) in [6.45, 7) is 0. The molecule has 0 radical (unpaired) electrons. The summed E-state index contributed by atoms with van der Waals surface area (Å²) < 4.78 is 3.64. The van der Waals surface area contributed by atoms with Crippen molar-refractivity contribution in [2.75, 3.05) is 18.8 Å². The van der Waals surface area contributed by atoms with Crippen LogP contribution >= 0.6 is 10.0 Å². The van der Waals surface area contributed by atoms with Gasteiger partial charge in [0.15, 0.2) is 5.65 Å². The summed E-state index contributed by atoms with van der Waals surface area (Å²) in [5.74, 6) is 3.14. The zero-order valence-corrected chi connectivity index (χ0v) is 17.8. The molecule has 0 aliphatic rings. The van der Waals surface area contributed by atoms with Crippen molar-refractivity contribution in [1.29, 1.82) is 0 Å². The highest BCUT2D eigenvalue weighted by Gasteiger charge is 2.17. The summed E-state index contributed by atoms with van der Waals surface area (Å²) in [5.41, 5.74) is 3.61. The number of rotatable bonds is 1. The van der Waals surface area contributed by atoms with E-state index in [-0.39, 0.29) is 5.56 Å². The lowest BCUT2D eigenvalue weighted by Gasteiger charge is -2.14. The Balaban J connectivity index is 1.83. The van der Waals surface area contributed by atoms with Crippen LogP contribution in [0.15, 0.2) is 71.8 Å². The number of nitrogens with zero attached hydrogens (tertiary/aromatic N) is 4. The van der Waals surface area contributed by atoms with Crippen LogP contribution in [0.25, 0.3) is 33.3 Å². The fourth-order valence-corrected chi connectivity index (χ4v) is 3.92. The highest BCUT2D eigenvalue weighted by Crippen LogP contribution is 2.32. The minimum absolute atomic E-state index is 0.0940. The predicted molar refractivity (Wildman–Crippen MR) is 126 cm³/mol. The third-order valence-electron chi connectivity index (χ3n) is 4.82. The van der Waals surface area contributed by atoms with Gasteiger partial charge in [0.1, 0.15) is 16.9 Å². The minimum atomic E-state index is -0.929. The molecule has 1 aromatic carbocycles. The van der Waals surface area contributed by atoms with E-state index in [1.165, 1.54) is 0 Å². The molecule has 6 heteroatoms. The maximum atomic E-state index is 13.5. The second-order valence-electron chi connectivity index (χ2n) is 7.86. The van der Waals surface area contributed by atoms with E-state index in [2.05, 4.69) is 34.9 Å². The number of aromatic nitrogens is 4. The van der Waals surface area contributed by atoms with Crippen LogP contribution in [0.1, 0.15) is 5.69 Å². The lowest BCUT2D eigenvalue weighted by Crippen LogP contribution is -2.20. The fourth-order valence-electron chi connectivity index (χ4n) is 3.51. The SMILES string of the molecule is CS(C)(C)C#Cc1ccc(-n2c(=O)c3ccccc3c3nc4ccccn4c32)cn1. The molecule has 4 heterocycles. The van der Waals surface area contributed by atoms with Gasteiger partial charge in [0.05, 0.1) is 11.9 Å². The summed E-state index contributed by atoms with van der Waals surface area (Å²) in [6.07, 6.45) is 10.1. The van der Waals surface area contributed by atoms with Crippen molar-refractivity contribution in [2.24, 2.45) is 0 Å². The number of hydrogen-bond donors (Lipinski definition) is 0. The largest absolute Gasteiger partial charge is 0.285 e. The smallest absolute Gasteiger partial charge is 0.264 e. The Morgan fingerprint density at radius 3 is 2.43 bits per heavy atom. The summed E-state index contributed by atoms with van der Waals surface area (Å²) in [6, 6.07) is 17.2. The van der Waals surface area contributed by atoms with Crippen LogP contribution in [-0.2, 0) is 0 Å². The quantitative estimate of drug-likeness (QED) is 0.388. The topological polar surface area (TPSA) is 52.2 Å². The van der Waals surface area contributed by atoms with E-state index in [9.17, 15) is 4.79 Å². The molecular formula is C24H20N4OS. The summed E-state index contributed by atoms with van der Waals surface area (Å²) >= 11 is 0. The molecule has 0 aliphatic carbocycles. The van der Waals surface area contributed by atoms with Crippen molar-refractivity contribution in [2.45, 2.75) is 0 Å². The molecule has 5 nitrogen and oxygen atoms in total. The normalized spacial score (nSPS) is 12.2. The molecule has 5 rings (SSSR count). The number of imidazole rings is 1. The van der Waals surface area contributed by atoms with Crippen LogP contribution in [0.2, 0.25) is 0 Å². The molecule has 0 fully saturated rings. The molecular weight excluding hydrogens is 392 g/mol. The molecule has 0 spiro atoms. The van der Waals surface area contributed by atoms with Crippen molar-refractivity contribution in [3.63, 3.8) is 0 Å². The van der Waals surface area contributed by atoms with Crippen LogP contribution in [0.5, 0.6) is 0 Å². The Labute approximate surface area is 175 Å². The van der Waals surface area contributed by atoms with Crippen molar-refractivity contribution < 1.29 is 0 Å². The first-order valence-electron chi connectivity index (χ1n) is 9.50. The van der Waals surface area contributed by atoms with Crippen molar-refractivity contribution in [1.82, 2.24) is 18.9 Å². The third-order valence-corrected chi connectivity index (χ3v) is 5.54. The van der Waals surface area contributed by atoms with Crippen molar-refractivity contribution >= 4 is 37.6 Å². The average molecular weight is 413 g/mol. The van der Waals surface area contributed by atoms with Gasteiger partial charge in [-0.1, -0.05) is 24.3 Å². The highest BCUT2D eigenvalue weighted by atomic mass is 32.3. The van der Waals surface area contributed by atoms with E-state index in [0.717, 1.165) is 22.2 Å². The molecule has 5 aromatic rings. The van der Waals surface area contributed by atoms with E-state index >= 15 is 0 Å². The molecule has 30 heavy (non-hydrogen) atoms. The zero-order chi connectivity index (χ0) is 20.9. The van der Waals surface area contributed by atoms with E-state index < -0.39 is 10.0 Å². The summed E-state index contributed by atoms with van der Waals surface area (Å²) in [7, 11) is -0.929. The molecule has 0 saturated heterocycles. The number of fused-ring (bicyclic) bond motifs is 5. The van der Waals surface area contributed by atoms with Crippen molar-refractivity contribution in [3.8, 4) is 16.9 Å². The fraction of sp³-hybridized carbons (Fsp3) is 0.125. The molecule has 0 saturated carbocycles. The highest BCUT2D eigenvalue weighted by molar-refractivity contribution is 8.35.